The second-order valence-corrected chi connectivity index (χ2v) is 9.28. The van der Waals surface area contributed by atoms with Gasteiger partial charge in [-0.1, -0.05) is 78.4 Å². The number of benzene rings is 4. The highest BCUT2D eigenvalue weighted by Gasteiger charge is 2.56. The molecule has 6 nitrogen and oxygen atoms in total. The van der Waals surface area contributed by atoms with Gasteiger partial charge in [0, 0.05) is 11.1 Å². The average molecular weight is 487 g/mol. The zero-order valence-corrected chi connectivity index (χ0v) is 20.0. The molecule has 0 aromatic heterocycles. The minimum absolute atomic E-state index is 0.138. The van der Waals surface area contributed by atoms with Gasteiger partial charge in [0.2, 0.25) is 0 Å². The predicted octanol–water partition coefficient (Wildman–Crippen LogP) is 5.24. The summed E-state index contributed by atoms with van der Waals surface area (Å²) in [6.07, 6.45) is 0. The monoisotopic (exact) mass is 486 g/mol. The molecule has 1 saturated heterocycles. The SMILES string of the molecule is Cc1ccc(N2C(=O)c3ccc(C(=O)N4[C@H](c5ccccc5)[C@@H]4C(=O)c4ccccc4)cc3C2=O)cc1. The number of nitrogens with zero attached hydrogens (tertiary/aromatic N) is 2. The maximum atomic E-state index is 13.7. The van der Waals surface area contributed by atoms with Gasteiger partial charge < -0.3 is 4.90 Å². The molecule has 0 spiro atoms. The Balaban J connectivity index is 1.33. The summed E-state index contributed by atoms with van der Waals surface area (Å²) in [6, 6.07) is 28.9. The Morgan fingerprint density at radius 3 is 1.97 bits per heavy atom. The molecular weight excluding hydrogens is 464 g/mol. The smallest absolute Gasteiger partial charge is 0.266 e. The van der Waals surface area contributed by atoms with E-state index in [0.717, 1.165) is 16.0 Å². The average Bonchev–Trinajstić information content (AvgIpc) is 3.64. The topological polar surface area (TPSA) is 74.5 Å². The van der Waals surface area contributed by atoms with Crippen molar-refractivity contribution in [3.05, 3.63) is 137 Å². The Morgan fingerprint density at radius 2 is 1.30 bits per heavy atom. The fourth-order valence-electron chi connectivity index (χ4n) is 4.97. The van der Waals surface area contributed by atoms with E-state index >= 15 is 0 Å². The number of rotatable bonds is 5. The highest BCUT2D eigenvalue weighted by atomic mass is 16.2. The first-order valence-electron chi connectivity index (χ1n) is 12.0. The van der Waals surface area contributed by atoms with Crippen molar-refractivity contribution in [2.75, 3.05) is 4.90 Å². The minimum Gasteiger partial charge on any atom is -0.316 e. The largest absolute Gasteiger partial charge is 0.316 e. The fraction of sp³-hybridized carbons (Fsp3) is 0.0968. The molecule has 37 heavy (non-hydrogen) atoms. The van der Waals surface area contributed by atoms with Crippen LogP contribution in [0, 0.1) is 6.92 Å². The van der Waals surface area contributed by atoms with E-state index in [4.69, 9.17) is 0 Å². The third kappa shape index (κ3) is 3.74. The van der Waals surface area contributed by atoms with Crippen LogP contribution >= 0.6 is 0 Å². The standard InChI is InChI=1S/C31H22N2O4/c1-19-12-15-23(16-13-19)32-30(36)24-17-14-22(18-25(24)31(32)37)29(35)33-26(20-8-4-2-5-9-20)27(33)28(34)21-10-6-3-7-11-21/h2-18,26-27H,1H3/t26-,27-,33?/m1/s1. The Hall–Kier alpha value is -4.84. The molecule has 180 valence electrons. The van der Waals surface area contributed by atoms with Crippen molar-refractivity contribution in [1.82, 2.24) is 4.90 Å². The van der Waals surface area contributed by atoms with Gasteiger partial charge in [-0.05, 0) is 42.8 Å². The maximum Gasteiger partial charge on any atom is 0.266 e. The van der Waals surface area contributed by atoms with Crippen LogP contribution in [-0.4, -0.2) is 34.4 Å². The number of anilines is 1. The number of aryl methyl sites for hydroxylation is 1. The molecule has 3 amide bonds. The first-order valence-corrected chi connectivity index (χ1v) is 12.0. The van der Waals surface area contributed by atoms with E-state index in [2.05, 4.69) is 0 Å². The fourth-order valence-corrected chi connectivity index (χ4v) is 4.97. The molecule has 0 unspecified atom stereocenters. The van der Waals surface area contributed by atoms with Crippen LogP contribution < -0.4 is 4.90 Å². The number of carbonyl (C=O) groups excluding carboxylic acids is 4. The minimum atomic E-state index is -0.646. The van der Waals surface area contributed by atoms with Crippen molar-refractivity contribution in [3.63, 3.8) is 0 Å². The van der Waals surface area contributed by atoms with Crippen LogP contribution in [0.2, 0.25) is 0 Å². The van der Waals surface area contributed by atoms with E-state index < -0.39 is 23.9 Å². The molecule has 6 rings (SSSR count). The molecule has 1 fully saturated rings. The normalized spacial score (nSPS) is 18.1. The highest BCUT2D eigenvalue weighted by Crippen LogP contribution is 2.46. The second-order valence-electron chi connectivity index (χ2n) is 9.28. The van der Waals surface area contributed by atoms with Crippen LogP contribution in [-0.2, 0) is 0 Å². The van der Waals surface area contributed by atoms with Gasteiger partial charge in [-0.25, -0.2) is 4.90 Å². The predicted molar refractivity (Wildman–Crippen MR) is 139 cm³/mol. The molecular formula is C31H22N2O4. The van der Waals surface area contributed by atoms with E-state index in [-0.39, 0.29) is 28.4 Å². The molecule has 2 atom stereocenters. The quantitative estimate of drug-likeness (QED) is 0.220. The van der Waals surface area contributed by atoms with Crippen LogP contribution in [0.3, 0.4) is 0 Å². The number of amides is 3. The van der Waals surface area contributed by atoms with Crippen molar-refractivity contribution < 1.29 is 19.2 Å². The lowest BCUT2D eigenvalue weighted by Crippen LogP contribution is -2.29. The Labute approximate surface area is 213 Å². The zero-order chi connectivity index (χ0) is 25.7. The summed E-state index contributed by atoms with van der Waals surface area (Å²) in [4.78, 5) is 55.9. The molecule has 4 aromatic rings. The van der Waals surface area contributed by atoms with Crippen LogP contribution in [0.5, 0.6) is 0 Å². The summed E-state index contributed by atoms with van der Waals surface area (Å²) < 4.78 is 0. The molecule has 6 heteroatoms. The Bertz CT molecular complexity index is 1560. The lowest BCUT2D eigenvalue weighted by molar-refractivity contribution is 0.0833. The van der Waals surface area contributed by atoms with Gasteiger partial charge >= 0.3 is 0 Å². The Kier molecular flexibility index (Phi) is 5.30. The summed E-state index contributed by atoms with van der Waals surface area (Å²) in [5.41, 5.74) is 3.59. The number of imide groups is 1. The first-order chi connectivity index (χ1) is 18.0. The molecule has 2 aliphatic heterocycles. The summed E-state index contributed by atoms with van der Waals surface area (Å²) in [7, 11) is 0. The van der Waals surface area contributed by atoms with Crippen molar-refractivity contribution in [1.29, 1.82) is 0 Å². The number of hydrogen-bond acceptors (Lipinski definition) is 4. The number of fused-ring (bicyclic) bond motifs is 1. The van der Waals surface area contributed by atoms with Gasteiger partial charge in [-0.2, -0.15) is 0 Å². The van der Waals surface area contributed by atoms with Crippen LogP contribution in [0.4, 0.5) is 5.69 Å². The Morgan fingerprint density at radius 1 is 0.676 bits per heavy atom. The van der Waals surface area contributed by atoms with Gasteiger partial charge in [0.25, 0.3) is 17.7 Å². The molecule has 0 bridgehead atoms. The molecule has 2 aliphatic rings. The molecule has 4 aromatic carbocycles. The van der Waals surface area contributed by atoms with Crippen molar-refractivity contribution >= 4 is 29.2 Å². The molecule has 0 radical (unpaired) electrons. The third-order valence-electron chi connectivity index (χ3n) is 6.94. The van der Waals surface area contributed by atoms with Gasteiger partial charge in [0.15, 0.2) is 5.78 Å². The van der Waals surface area contributed by atoms with Crippen LogP contribution in [0.25, 0.3) is 0 Å². The number of carbonyl (C=O) groups is 4. The van der Waals surface area contributed by atoms with Crippen molar-refractivity contribution in [2.24, 2.45) is 0 Å². The summed E-state index contributed by atoms with van der Waals surface area (Å²) in [5, 5.41) is 0. The van der Waals surface area contributed by atoms with Crippen molar-refractivity contribution in [2.45, 2.75) is 19.0 Å². The van der Waals surface area contributed by atoms with E-state index in [1.54, 1.807) is 47.4 Å². The summed E-state index contributed by atoms with van der Waals surface area (Å²) in [5.74, 6) is -1.39. The van der Waals surface area contributed by atoms with E-state index in [0.29, 0.717) is 11.3 Å². The maximum absolute atomic E-state index is 13.7. The first kappa shape index (κ1) is 22.6. The van der Waals surface area contributed by atoms with Gasteiger partial charge in [-0.3, -0.25) is 19.2 Å². The molecule has 0 saturated carbocycles. The van der Waals surface area contributed by atoms with Gasteiger partial charge in [-0.15, -0.1) is 0 Å². The second kappa shape index (κ2) is 8.68. The third-order valence-corrected chi connectivity index (χ3v) is 6.94. The molecule has 0 aliphatic carbocycles. The van der Waals surface area contributed by atoms with Crippen LogP contribution in [0.1, 0.15) is 58.6 Å². The lowest BCUT2D eigenvalue weighted by atomic mass is 10.0. The molecule has 2 heterocycles. The lowest BCUT2D eigenvalue weighted by Gasteiger charge is -2.13. The van der Waals surface area contributed by atoms with Crippen LogP contribution in [0.15, 0.2) is 103 Å². The number of Topliss-reactive ketones (excluding diaryl/α,β-unsaturated/α-hetero) is 1. The van der Waals surface area contributed by atoms with E-state index in [1.807, 2.05) is 55.5 Å². The highest BCUT2D eigenvalue weighted by molar-refractivity contribution is 6.34. The summed E-state index contributed by atoms with van der Waals surface area (Å²) in [6.45, 7) is 1.93. The number of hydrogen-bond donors (Lipinski definition) is 0. The summed E-state index contributed by atoms with van der Waals surface area (Å²) >= 11 is 0. The zero-order valence-electron chi connectivity index (χ0n) is 20.0. The van der Waals surface area contributed by atoms with E-state index in [9.17, 15) is 19.2 Å². The number of ketones is 1. The molecule has 0 N–H and O–H groups in total. The van der Waals surface area contributed by atoms with Gasteiger partial charge in [0.1, 0.15) is 6.04 Å². The van der Waals surface area contributed by atoms with Gasteiger partial charge in [0.05, 0.1) is 22.9 Å². The van der Waals surface area contributed by atoms with Crippen molar-refractivity contribution in [3.8, 4) is 0 Å². The van der Waals surface area contributed by atoms with E-state index in [1.165, 1.54) is 12.1 Å².